The monoisotopic (exact) mass is 448 g/mol. The normalized spacial score (nSPS) is 17.1. The van der Waals surface area contributed by atoms with Crippen molar-refractivity contribution in [3.05, 3.63) is 35.9 Å². The minimum absolute atomic E-state index is 0. The summed E-state index contributed by atoms with van der Waals surface area (Å²) in [6.07, 6.45) is 0.979. The van der Waals surface area contributed by atoms with Gasteiger partial charge >= 0.3 is 0 Å². The van der Waals surface area contributed by atoms with Crippen molar-refractivity contribution in [2.24, 2.45) is 10.7 Å². The summed E-state index contributed by atoms with van der Waals surface area (Å²) in [4.78, 5) is 6.79. The predicted molar refractivity (Wildman–Crippen MR) is 108 cm³/mol. The molecule has 1 saturated heterocycles. The maximum Gasteiger partial charge on any atom is 0.188 e. The third-order valence-electron chi connectivity index (χ3n) is 3.94. The first-order valence-corrected chi connectivity index (χ1v) is 8.21. The topological polar surface area (TPSA) is 72.1 Å². The van der Waals surface area contributed by atoms with Gasteiger partial charge in [0.25, 0.3) is 0 Å². The molecule has 0 amide bonds. The third-order valence-corrected chi connectivity index (χ3v) is 3.94. The highest BCUT2D eigenvalue weighted by atomic mass is 127. The molecular weight excluding hydrogens is 419 g/mol. The van der Waals surface area contributed by atoms with Crippen LogP contribution < -0.4 is 11.1 Å². The summed E-state index contributed by atoms with van der Waals surface area (Å²) in [7, 11) is 1.69. The summed E-state index contributed by atoms with van der Waals surface area (Å²) >= 11 is 0. The molecule has 7 heteroatoms. The molecule has 1 aromatic carbocycles. The van der Waals surface area contributed by atoms with Crippen LogP contribution in [0.5, 0.6) is 0 Å². The summed E-state index contributed by atoms with van der Waals surface area (Å²) in [5.41, 5.74) is 7.03. The minimum atomic E-state index is -0.0649. The molecule has 1 aliphatic rings. The van der Waals surface area contributed by atoms with Gasteiger partial charge in [-0.05, 0) is 18.5 Å². The van der Waals surface area contributed by atoms with Crippen LogP contribution in [0.3, 0.4) is 0 Å². The Morgan fingerprint density at radius 2 is 2.04 bits per heavy atom. The zero-order chi connectivity index (χ0) is 16.3. The number of halogens is 1. The molecule has 0 aromatic heterocycles. The molecule has 136 valence electrons. The van der Waals surface area contributed by atoms with Gasteiger partial charge in [-0.2, -0.15) is 0 Å². The Labute approximate surface area is 161 Å². The zero-order valence-electron chi connectivity index (χ0n) is 14.3. The van der Waals surface area contributed by atoms with Gasteiger partial charge in [-0.1, -0.05) is 30.3 Å². The van der Waals surface area contributed by atoms with Crippen LogP contribution in [0.25, 0.3) is 0 Å². The van der Waals surface area contributed by atoms with E-state index in [2.05, 4.69) is 15.2 Å². The first kappa shape index (κ1) is 21.1. The molecule has 1 fully saturated rings. The van der Waals surface area contributed by atoms with Crippen LogP contribution in [-0.2, 0) is 9.47 Å². The lowest BCUT2D eigenvalue weighted by Gasteiger charge is -2.26. The van der Waals surface area contributed by atoms with Crippen molar-refractivity contribution in [2.45, 2.75) is 12.5 Å². The van der Waals surface area contributed by atoms with Crippen molar-refractivity contribution >= 4 is 29.9 Å². The molecule has 6 nitrogen and oxygen atoms in total. The van der Waals surface area contributed by atoms with E-state index in [-0.39, 0.29) is 30.1 Å². The maximum atomic E-state index is 5.92. The standard InChI is InChI=1S/C17H28N4O2.HI/c1-22-16(15-6-3-2-4-7-15)14-20-17(18)19-8-5-9-21-10-12-23-13-11-21;/h2-4,6-7,16H,5,8-14H2,1H3,(H3,18,19,20);1H. The van der Waals surface area contributed by atoms with Gasteiger partial charge in [0.1, 0.15) is 6.10 Å². The molecule has 24 heavy (non-hydrogen) atoms. The molecule has 3 N–H and O–H groups in total. The van der Waals surface area contributed by atoms with Crippen LogP contribution in [0.15, 0.2) is 35.3 Å². The van der Waals surface area contributed by atoms with Crippen LogP contribution in [0.2, 0.25) is 0 Å². The lowest BCUT2D eigenvalue weighted by atomic mass is 10.1. The largest absolute Gasteiger partial charge is 0.379 e. The second kappa shape index (κ2) is 12.5. The van der Waals surface area contributed by atoms with Gasteiger partial charge in [0.15, 0.2) is 5.96 Å². The predicted octanol–water partition coefficient (Wildman–Crippen LogP) is 1.62. The summed E-state index contributed by atoms with van der Waals surface area (Å²) < 4.78 is 10.8. The number of nitrogens with two attached hydrogens (primary N) is 1. The lowest BCUT2D eigenvalue weighted by molar-refractivity contribution is 0.0376. The molecule has 1 atom stereocenters. The Hall–Kier alpha value is -0.900. The van der Waals surface area contributed by atoms with E-state index in [1.54, 1.807) is 7.11 Å². The van der Waals surface area contributed by atoms with Crippen LogP contribution in [-0.4, -0.2) is 63.9 Å². The first-order valence-electron chi connectivity index (χ1n) is 8.21. The highest BCUT2D eigenvalue weighted by Gasteiger charge is 2.10. The van der Waals surface area contributed by atoms with Gasteiger partial charge in [-0.15, -0.1) is 24.0 Å². The second-order valence-electron chi connectivity index (χ2n) is 5.60. The van der Waals surface area contributed by atoms with Crippen LogP contribution in [0.4, 0.5) is 0 Å². The van der Waals surface area contributed by atoms with Crippen molar-refractivity contribution in [2.75, 3.05) is 53.0 Å². The van der Waals surface area contributed by atoms with Crippen LogP contribution >= 0.6 is 24.0 Å². The molecule has 1 aliphatic heterocycles. The van der Waals surface area contributed by atoms with Crippen molar-refractivity contribution in [1.29, 1.82) is 0 Å². The number of benzene rings is 1. The Balaban J connectivity index is 0.00000288. The molecular formula is C17H29IN4O2. The fraction of sp³-hybridized carbons (Fsp3) is 0.588. The van der Waals surface area contributed by atoms with E-state index >= 15 is 0 Å². The van der Waals surface area contributed by atoms with Gasteiger partial charge in [0, 0.05) is 26.7 Å². The fourth-order valence-electron chi connectivity index (χ4n) is 2.56. The van der Waals surface area contributed by atoms with E-state index in [0.29, 0.717) is 12.5 Å². The molecule has 0 spiro atoms. The minimum Gasteiger partial charge on any atom is -0.379 e. The first-order chi connectivity index (χ1) is 11.3. The number of hydrogen-bond acceptors (Lipinski definition) is 4. The number of morpholine rings is 1. The Morgan fingerprint density at radius 3 is 2.71 bits per heavy atom. The number of nitrogens with one attached hydrogen (secondary N) is 1. The summed E-state index contributed by atoms with van der Waals surface area (Å²) in [6, 6.07) is 10.1. The highest BCUT2D eigenvalue weighted by molar-refractivity contribution is 14.0. The molecule has 1 aromatic rings. The number of aliphatic imine (C=N–C) groups is 1. The van der Waals surface area contributed by atoms with Gasteiger partial charge < -0.3 is 20.5 Å². The smallest absolute Gasteiger partial charge is 0.188 e. The van der Waals surface area contributed by atoms with E-state index < -0.39 is 0 Å². The number of ether oxygens (including phenoxy) is 2. The number of methoxy groups -OCH3 is 1. The zero-order valence-corrected chi connectivity index (χ0v) is 16.6. The molecule has 0 radical (unpaired) electrons. The summed E-state index contributed by atoms with van der Waals surface area (Å²) in [5, 5.41) is 3.17. The average Bonchev–Trinajstić information content (AvgIpc) is 2.61. The van der Waals surface area contributed by atoms with Gasteiger partial charge in [0.2, 0.25) is 0 Å². The molecule has 1 heterocycles. The third kappa shape index (κ3) is 7.78. The molecule has 2 rings (SSSR count). The lowest BCUT2D eigenvalue weighted by Crippen LogP contribution is -2.39. The Kier molecular flexibility index (Phi) is 11.0. The SMILES string of the molecule is COC(CN=C(N)NCCCN1CCOCC1)c1ccccc1.I. The Morgan fingerprint density at radius 1 is 1.33 bits per heavy atom. The molecule has 0 aliphatic carbocycles. The highest BCUT2D eigenvalue weighted by Crippen LogP contribution is 2.15. The Bertz CT molecular complexity index is 467. The van der Waals surface area contributed by atoms with E-state index in [4.69, 9.17) is 15.2 Å². The average molecular weight is 448 g/mol. The van der Waals surface area contributed by atoms with Gasteiger partial charge in [0.05, 0.1) is 19.8 Å². The number of rotatable bonds is 8. The summed E-state index contributed by atoms with van der Waals surface area (Å²) in [5.74, 6) is 0.477. The number of hydrogen-bond donors (Lipinski definition) is 2. The van der Waals surface area contributed by atoms with E-state index in [1.807, 2.05) is 30.3 Å². The fourth-order valence-corrected chi connectivity index (χ4v) is 2.56. The van der Waals surface area contributed by atoms with E-state index in [9.17, 15) is 0 Å². The maximum absolute atomic E-state index is 5.92. The quantitative estimate of drug-likeness (QED) is 0.274. The number of guanidine groups is 1. The summed E-state index contributed by atoms with van der Waals surface area (Å²) in [6.45, 7) is 6.14. The second-order valence-corrected chi connectivity index (χ2v) is 5.60. The van der Waals surface area contributed by atoms with Gasteiger partial charge in [-0.25, -0.2) is 0 Å². The molecule has 1 unspecified atom stereocenters. The molecule has 0 bridgehead atoms. The van der Waals surface area contributed by atoms with Gasteiger partial charge in [-0.3, -0.25) is 9.89 Å². The van der Waals surface area contributed by atoms with Crippen molar-refractivity contribution in [3.63, 3.8) is 0 Å². The van der Waals surface area contributed by atoms with Crippen molar-refractivity contribution in [3.8, 4) is 0 Å². The van der Waals surface area contributed by atoms with Crippen LogP contribution in [0, 0.1) is 0 Å². The van der Waals surface area contributed by atoms with Crippen molar-refractivity contribution < 1.29 is 9.47 Å². The number of nitrogens with zero attached hydrogens (tertiary/aromatic N) is 2. The van der Waals surface area contributed by atoms with E-state index in [0.717, 1.165) is 51.4 Å². The van der Waals surface area contributed by atoms with E-state index in [1.165, 1.54) is 0 Å². The molecule has 0 saturated carbocycles. The van der Waals surface area contributed by atoms with Crippen molar-refractivity contribution in [1.82, 2.24) is 10.2 Å². The van der Waals surface area contributed by atoms with Crippen LogP contribution in [0.1, 0.15) is 18.1 Å².